The van der Waals surface area contributed by atoms with Gasteiger partial charge >= 0.3 is 0 Å². The van der Waals surface area contributed by atoms with Crippen LogP contribution < -0.4 is 5.32 Å². The molecule has 2 amide bonds. The maximum absolute atomic E-state index is 12.7. The second-order valence-corrected chi connectivity index (χ2v) is 8.01. The van der Waals surface area contributed by atoms with Gasteiger partial charge in [-0.05, 0) is 36.5 Å². The predicted molar refractivity (Wildman–Crippen MR) is 97.2 cm³/mol. The first-order valence-electron chi connectivity index (χ1n) is 8.84. The quantitative estimate of drug-likeness (QED) is 0.900. The van der Waals surface area contributed by atoms with Crippen molar-refractivity contribution in [2.45, 2.75) is 46.1 Å². The van der Waals surface area contributed by atoms with Crippen molar-refractivity contribution >= 4 is 22.8 Å². The Morgan fingerprint density at radius 1 is 1.28 bits per heavy atom. The van der Waals surface area contributed by atoms with Crippen molar-refractivity contribution in [2.24, 2.45) is 5.41 Å². The van der Waals surface area contributed by atoms with Crippen LogP contribution in [0.2, 0.25) is 0 Å². The highest BCUT2D eigenvalue weighted by molar-refractivity contribution is 5.97. The van der Waals surface area contributed by atoms with Crippen molar-refractivity contribution in [3.8, 4) is 0 Å². The number of carbonyl (C=O) groups excluding carboxylic acids is 2. The second-order valence-electron chi connectivity index (χ2n) is 8.01. The Balaban J connectivity index is 1.54. The maximum Gasteiger partial charge on any atom is 0.253 e. The van der Waals surface area contributed by atoms with E-state index in [2.05, 4.69) is 36.1 Å². The molecule has 0 aliphatic carbocycles. The van der Waals surface area contributed by atoms with Gasteiger partial charge in [-0.25, -0.2) is 4.98 Å². The lowest BCUT2D eigenvalue weighted by Gasteiger charge is -2.33. The summed E-state index contributed by atoms with van der Waals surface area (Å²) in [5.41, 5.74) is 2.39. The molecule has 0 spiro atoms. The summed E-state index contributed by atoms with van der Waals surface area (Å²) in [6, 6.07) is 5.69. The van der Waals surface area contributed by atoms with Crippen molar-refractivity contribution in [3.63, 3.8) is 0 Å². The van der Waals surface area contributed by atoms with Gasteiger partial charge in [0, 0.05) is 31.1 Å². The number of benzene rings is 1. The van der Waals surface area contributed by atoms with E-state index in [1.807, 2.05) is 23.1 Å². The van der Waals surface area contributed by atoms with Crippen LogP contribution >= 0.6 is 0 Å². The highest BCUT2D eigenvalue weighted by Gasteiger charge is 2.26. The summed E-state index contributed by atoms with van der Waals surface area (Å²) in [6.07, 6.45) is 3.75. The van der Waals surface area contributed by atoms with Crippen molar-refractivity contribution in [3.05, 3.63) is 30.1 Å². The summed E-state index contributed by atoms with van der Waals surface area (Å²) in [5, 5.41) is 3.11. The number of piperidine rings is 1. The van der Waals surface area contributed by atoms with E-state index in [-0.39, 0.29) is 23.3 Å². The summed E-state index contributed by atoms with van der Waals surface area (Å²) >= 11 is 0. The maximum atomic E-state index is 12.7. The number of nitrogens with zero attached hydrogens (tertiary/aromatic N) is 2. The first-order chi connectivity index (χ1) is 11.8. The van der Waals surface area contributed by atoms with Gasteiger partial charge in [-0.2, -0.15) is 0 Å². The summed E-state index contributed by atoms with van der Waals surface area (Å²) in [7, 11) is 0. The molecule has 25 heavy (non-hydrogen) atoms. The number of nitrogens with one attached hydrogen (secondary N) is 2. The molecule has 2 heterocycles. The van der Waals surface area contributed by atoms with Crippen LogP contribution in [0.3, 0.4) is 0 Å². The van der Waals surface area contributed by atoms with Gasteiger partial charge in [0.05, 0.1) is 17.4 Å². The van der Waals surface area contributed by atoms with Gasteiger partial charge in [0.25, 0.3) is 5.91 Å². The van der Waals surface area contributed by atoms with E-state index >= 15 is 0 Å². The minimum Gasteiger partial charge on any atom is -0.353 e. The molecule has 1 aromatic carbocycles. The van der Waals surface area contributed by atoms with E-state index in [0.29, 0.717) is 25.1 Å². The first-order valence-corrected chi connectivity index (χ1v) is 8.84. The Labute approximate surface area is 148 Å². The standard InChI is InChI=1S/C19H26N4O2/c1-19(2,3)11-17(24)22-14-6-8-23(9-7-14)18(25)13-4-5-15-16(10-13)21-12-20-15/h4-5,10,12,14H,6-9,11H2,1-3H3,(H,20,21)(H,22,24). The molecule has 134 valence electrons. The minimum atomic E-state index is -0.00787. The third kappa shape index (κ3) is 4.38. The van der Waals surface area contributed by atoms with E-state index in [4.69, 9.17) is 0 Å². The molecule has 0 saturated carbocycles. The summed E-state index contributed by atoms with van der Waals surface area (Å²) in [4.78, 5) is 33.8. The molecular weight excluding hydrogens is 316 g/mol. The number of fused-ring (bicyclic) bond motifs is 1. The molecule has 1 aliphatic heterocycles. The van der Waals surface area contributed by atoms with Crippen molar-refractivity contribution in [1.29, 1.82) is 0 Å². The molecule has 2 aromatic rings. The fraction of sp³-hybridized carbons (Fsp3) is 0.526. The second kappa shape index (κ2) is 6.86. The molecule has 0 bridgehead atoms. The van der Waals surface area contributed by atoms with Crippen LogP contribution in [0.25, 0.3) is 11.0 Å². The van der Waals surface area contributed by atoms with E-state index in [1.165, 1.54) is 0 Å². The Morgan fingerprint density at radius 2 is 2.00 bits per heavy atom. The number of carbonyl (C=O) groups is 2. The molecule has 6 heteroatoms. The molecule has 1 aromatic heterocycles. The Hall–Kier alpha value is -2.37. The lowest BCUT2D eigenvalue weighted by Crippen LogP contribution is -2.47. The molecule has 3 rings (SSSR count). The number of H-pyrrole nitrogens is 1. The number of hydrogen-bond acceptors (Lipinski definition) is 3. The number of imidazole rings is 1. The zero-order valence-electron chi connectivity index (χ0n) is 15.1. The molecule has 0 unspecified atom stereocenters. The van der Waals surface area contributed by atoms with Crippen LogP contribution in [0.4, 0.5) is 0 Å². The normalized spacial score (nSPS) is 16.2. The van der Waals surface area contributed by atoms with Crippen LogP contribution in [0, 0.1) is 5.41 Å². The van der Waals surface area contributed by atoms with Gasteiger partial charge in [0.15, 0.2) is 0 Å². The average molecular weight is 342 g/mol. The fourth-order valence-electron chi connectivity index (χ4n) is 3.24. The van der Waals surface area contributed by atoms with Crippen LogP contribution in [0.15, 0.2) is 24.5 Å². The Kier molecular flexibility index (Phi) is 4.79. The third-order valence-electron chi connectivity index (χ3n) is 4.51. The average Bonchev–Trinajstić information content (AvgIpc) is 3.00. The minimum absolute atomic E-state index is 0.00787. The summed E-state index contributed by atoms with van der Waals surface area (Å²) in [6.45, 7) is 7.51. The molecular formula is C19H26N4O2. The lowest BCUT2D eigenvalue weighted by atomic mass is 9.91. The van der Waals surface area contributed by atoms with E-state index in [0.717, 1.165) is 23.9 Å². The molecule has 1 aliphatic rings. The number of amides is 2. The smallest absolute Gasteiger partial charge is 0.253 e. The highest BCUT2D eigenvalue weighted by Crippen LogP contribution is 2.20. The van der Waals surface area contributed by atoms with E-state index in [1.54, 1.807) is 6.33 Å². The molecule has 0 radical (unpaired) electrons. The van der Waals surface area contributed by atoms with Crippen LogP contribution in [0.5, 0.6) is 0 Å². The SMILES string of the molecule is CC(C)(C)CC(=O)NC1CCN(C(=O)c2ccc3nc[nH]c3c2)CC1. The van der Waals surface area contributed by atoms with Gasteiger partial charge < -0.3 is 15.2 Å². The zero-order valence-corrected chi connectivity index (χ0v) is 15.1. The highest BCUT2D eigenvalue weighted by atomic mass is 16.2. The van der Waals surface area contributed by atoms with Crippen LogP contribution in [-0.4, -0.2) is 45.8 Å². The van der Waals surface area contributed by atoms with Crippen LogP contribution in [0.1, 0.15) is 50.4 Å². The van der Waals surface area contributed by atoms with Crippen molar-refractivity contribution in [2.75, 3.05) is 13.1 Å². The third-order valence-corrected chi connectivity index (χ3v) is 4.51. The number of hydrogen-bond donors (Lipinski definition) is 2. The summed E-state index contributed by atoms with van der Waals surface area (Å²) in [5.74, 6) is 0.137. The van der Waals surface area contributed by atoms with Gasteiger partial charge in [-0.15, -0.1) is 0 Å². The van der Waals surface area contributed by atoms with Gasteiger partial charge in [-0.1, -0.05) is 20.8 Å². The Morgan fingerprint density at radius 3 is 2.68 bits per heavy atom. The van der Waals surface area contributed by atoms with Crippen molar-refractivity contribution < 1.29 is 9.59 Å². The zero-order chi connectivity index (χ0) is 18.0. The fourth-order valence-corrected chi connectivity index (χ4v) is 3.24. The number of aromatic nitrogens is 2. The van der Waals surface area contributed by atoms with E-state index in [9.17, 15) is 9.59 Å². The van der Waals surface area contributed by atoms with Gasteiger partial charge in [0.1, 0.15) is 0 Å². The number of rotatable bonds is 3. The number of likely N-dealkylation sites (tertiary alicyclic amines) is 1. The predicted octanol–water partition coefficient (Wildman–Crippen LogP) is 2.72. The monoisotopic (exact) mass is 342 g/mol. The first kappa shape index (κ1) is 17.5. The van der Waals surface area contributed by atoms with Crippen LogP contribution in [-0.2, 0) is 4.79 Å². The van der Waals surface area contributed by atoms with Crippen molar-refractivity contribution in [1.82, 2.24) is 20.2 Å². The topological polar surface area (TPSA) is 78.1 Å². The van der Waals surface area contributed by atoms with Gasteiger partial charge in [0.2, 0.25) is 5.91 Å². The lowest BCUT2D eigenvalue weighted by molar-refractivity contribution is -0.123. The van der Waals surface area contributed by atoms with E-state index < -0.39 is 0 Å². The Bertz CT molecular complexity index is 767. The molecule has 1 fully saturated rings. The molecule has 0 atom stereocenters. The molecule has 6 nitrogen and oxygen atoms in total. The molecule has 2 N–H and O–H groups in total. The largest absolute Gasteiger partial charge is 0.353 e. The summed E-state index contributed by atoms with van der Waals surface area (Å²) < 4.78 is 0. The van der Waals surface area contributed by atoms with Gasteiger partial charge in [-0.3, -0.25) is 9.59 Å². The molecule has 1 saturated heterocycles. The number of aromatic amines is 1.